The van der Waals surface area contributed by atoms with E-state index in [4.69, 9.17) is 27.6 Å². The van der Waals surface area contributed by atoms with Crippen molar-refractivity contribution in [2.75, 3.05) is 26.2 Å². The first-order valence-electron chi connectivity index (χ1n) is 7.12. The molecule has 4 nitrogen and oxygen atoms in total. The van der Waals surface area contributed by atoms with Gasteiger partial charge in [0.05, 0.1) is 22.7 Å². The Morgan fingerprint density at radius 1 is 1.27 bits per heavy atom. The van der Waals surface area contributed by atoms with E-state index in [1.165, 1.54) is 11.3 Å². The summed E-state index contributed by atoms with van der Waals surface area (Å²) < 4.78 is 6.39. The number of amides is 1. The molecule has 0 unspecified atom stereocenters. The largest absolute Gasteiger partial charge is 0.468 e. The van der Waals surface area contributed by atoms with Gasteiger partial charge in [0.1, 0.15) is 10.1 Å². The number of thiophene rings is 1. The predicted octanol–water partition coefficient (Wildman–Crippen LogP) is 4.00. The van der Waals surface area contributed by atoms with Crippen LogP contribution < -0.4 is 0 Å². The predicted molar refractivity (Wildman–Crippen MR) is 88.8 cm³/mol. The molecule has 22 heavy (non-hydrogen) atoms. The van der Waals surface area contributed by atoms with Crippen LogP contribution in [0.1, 0.15) is 22.5 Å². The van der Waals surface area contributed by atoms with Crippen LogP contribution in [0.2, 0.25) is 8.67 Å². The second-order valence-electron chi connectivity index (χ2n) is 5.24. The van der Waals surface area contributed by atoms with Crippen molar-refractivity contribution in [3.05, 3.63) is 44.5 Å². The Morgan fingerprint density at radius 2 is 2.14 bits per heavy atom. The molecule has 118 valence electrons. The van der Waals surface area contributed by atoms with Crippen LogP contribution in [0.3, 0.4) is 0 Å². The van der Waals surface area contributed by atoms with Crippen molar-refractivity contribution < 1.29 is 9.21 Å². The summed E-state index contributed by atoms with van der Waals surface area (Å²) in [6.07, 6.45) is 2.62. The summed E-state index contributed by atoms with van der Waals surface area (Å²) in [5, 5.41) is 0. The summed E-state index contributed by atoms with van der Waals surface area (Å²) in [6.45, 7) is 3.96. The summed E-state index contributed by atoms with van der Waals surface area (Å²) in [7, 11) is 0. The highest BCUT2D eigenvalue weighted by atomic mass is 35.5. The van der Waals surface area contributed by atoms with Gasteiger partial charge in [-0.2, -0.15) is 0 Å². The molecule has 0 bridgehead atoms. The minimum atomic E-state index is -0.0343. The van der Waals surface area contributed by atoms with E-state index in [-0.39, 0.29) is 5.91 Å². The van der Waals surface area contributed by atoms with Crippen molar-refractivity contribution in [1.29, 1.82) is 0 Å². The number of rotatable bonds is 3. The monoisotopic (exact) mass is 358 g/mol. The molecular weight excluding hydrogens is 343 g/mol. The van der Waals surface area contributed by atoms with Crippen LogP contribution in [-0.4, -0.2) is 41.9 Å². The van der Waals surface area contributed by atoms with Crippen LogP contribution in [0.5, 0.6) is 0 Å². The molecule has 0 aliphatic carbocycles. The Balaban J connectivity index is 1.62. The van der Waals surface area contributed by atoms with Gasteiger partial charge in [0, 0.05) is 26.2 Å². The van der Waals surface area contributed by atoms with Crippen LogP contribution in [0, 0.1) is 0 Å². The zero-order valence-electron chi connectivity index (χ0n) is 11.9. The summed E-state index contributed by atoms with van der Waals surface area (Å²) >= 11 is 13.2. The molecule has 0 atom stereocenters. The summed E-state index contributed by atoms with van der Waals surface area (Å²) in [5.41, 5.74) is 0.510. The molecule has 1 fully saturated rings. The number of halogens is 2. The molecule has 1 amide bonds. The van der Waals surface area contributed by atoms with Gasteiger partial charge in [0.25, 0.3) is 5.91 Å². The van der Waals surface area contributed by atoms with E-state index in [0.29, 0.717) is 20.8 Å². The van der Waals surface area contributed by atoms with Crippen molar-refractivity contribution >= 4 is 40.4 Å². The molecule has 1 aliphatic heterocycles. The number of hydrogen-bond acceptors (Lipinski definition) is 4. The molecule has 0 aromatic carbocycles. The Bertz CT molecular complexity index is 642. The highest BCUT2D eigenvalue weighted by Gasteiger charge is 2.23. The third-order valence-electron chi connectivity index (χ3n) is 3.72. The Labute approximate surface area is 143 Å². The normalized spacial score (nSPS) is 16.7. The van der Waals surface area contributed by atoms with Gasteiger partial charge in [-0.1, -0.05) is 23.2 Å². The molecular formula is C15H16Cl2N2O2S. The first-order valence-corrected chi connectivity index (χ1v) is 8.69. The fourth-order valence-electron chi connectivity index (χ4n) is 2.61. The fourth-order valence-corrected chi connectivity index (χ4v) is 4.06. The summed E-state index contributed by atoms with van der Waals surface area (Å²) in [6, 6.07) is 5.52. The van der Waals surface area contributed by atoms with Gasteiger partial charge in [-0.15, -0.1) is 11.3 Å². The van der Waals surface area contributed by atoms with Crippen molar-refractivity contribution in [2.45, 2.75) is 13.0 Å². The van der Waals surface area contributed by atoms with Gasteiger partial charge < -0.3 is 9.32 Å². The number of furan rings is 1. The number of nitrogens with zero attached hydrogens (tertiary/aromatic N) is 2. The van der Waals surface area contributed by atoms with Gasteiger partial charge in [0.15, 0.2) is 0 Å². The molecule has 2 aromatic rings. The van der Waals surface area contributed by atoms with E-state index in [2.05, 4.69) is 4.90 Å². The summed E-state index contributed by atoms with van der Waals surface area (Å²) in [5.74, 6) is 0.917. The zero-order valence-corrected chi connectivity index (χ0v) is 14.3. The van der Waals surface area contributed by atoms with Crippen LogP contribution >= 0.6 is 34.5 Å². The number of carbonyl (C=O) groups is 1. The van der Waals surface area contributed by atoms with Gasteiger partial charge in [-0.3, -0.25) is 9.69 Å². The van der Waals surface area contributed by atoms with Crippen molar-refractivity contribution in [3.63, 3.8) is 0 Å². The lowest BCUT2D eigenvalue weighted by molar-refractivity contribution is 0.0761. The summed E-state index contributed by atoms with van der Waals surface area (Å²) in [4.78, 5) is 16.7. The maximum Gasteiger partial charge on any atom is 0.256 e. The van der Waals surface area contributed by atoms with E-state index in [1.54, 1.807) is 12.3 Å². The molecule has 3 heterocycles. The minimum absolute atomic E-state index is 0.0343. The van der Waals surface area contributed by atoms with Crippen LogP contribution in [0.15, 0.2) is 28.9 Å². The highest BCUT2D eigenvalue weighted by Crippen LogP contribution is 2.32. The molecule has 0 saturated carbocycles. The van der Waals surface area contributed by atoms with Gasteiger partial charge in [-0.05, 0) is 24.6 Å². The Morgan fingerprint density at radius 3 is 2.82 bits per heavy atom. The fraction of sp³-hybridized carbons (Fsp3) is 0.400. The maximum atomic E-state index is 12.6. The lowest BCUT2D eigenvalue weighted by Crippen LogP contribution is -2.35. The lowest BCUT2D eigenvalue weighted by Gasteiger charge is -2.21. The second kappa shape index (κ2) is 7.04. The van der Waals surface area contributed by atoms with Crippen molar-refractivity contribution in [1.82, 2.24) is 9.80 Å². The highest BCUT2D eigenvalue weighted by molar-refractivity contribution is 7.20. The third-order valence-corrected chi connectivity index (χ3v) is 5.21. The first kappa shape index (κ1) is 15.9. The maximum absolute atomic E-state index is 12.6. The molecule has 2 aromatic heterocycles. The number of hydrogen-bond donors (Lipinski definition) is 0. The van der Waals surface area contributed by atoms with Crippen LogP contribution in [-0.2, 0) is 6.54 Å². The van der Waals surface area contributed by atoms with E-state index < -0.39 is 0 Å². The smallest absolute Gasteiger partial charge is 0.256 e. The molecule has 3 rings (SSSR count). The first-order chi connectivity index (χ1) is 10.6. The molecule has 0 N–H and O–H groups in total. The minimum Gasteiger partial charge on any atom is -0.468 e. The van der Waals surface area contributed by atoms with E-state index in [9.17, 15) is 4.79 Å². The molecule has 1 aliphatic rings. The molecule has 0 radical (unpaired) electrons. The topological polar surface area (TPSA) is 36.7 Å². The molecule has 1 saturated heterocycles. The quantitative estimate of drug-likeness (QED) is 0.831. The van der Waals surface area contributed by atoms with Gasteiger partial charge in [-0.25, -0.2) is 0 Å². The van der Waals surface area contributed by atoms with Gasteiger partial charge in [0.2, 0.25) is 0 Å². The van der Waals surface area contributed by atoms with Crippen LogP contribution in [0.25, 0.3) is 0 Å². The Kier molecular flexibility index (Phi) is 5.08. The van der Waals surface area contributed by atoms with Crippen LogP contribution in [0.4, 0.5) is 0 Å². The zero-order chi connectivity index (χ0) is 15.5. The van der Waals surface area contributed by atoms with E-state index >= 15 is 0 Å². The van der Waals surface area contributed by atoms with Crippen molar-refractivity contribution in [3.8, 4) is 0 Å². The molecule has 0 spiro atoms. The third kappa shape index (κ3) is 3.66. The number of carbonyl (C=O) groups excluding carboxylic acids is 1. The SMILES string of the molecule is O=C(c1cc(Cl)sc1Cl)N1CCCN(Cc2ccco2)CC1. The standard InChI is InChI=1S/C15H16Cl2N2O2S/c16-13-9-12(14(17)22-13)15(20)19-5-2-4-18(6-7-19)10-11-3-1-8-21-11/h1,3,8-9H,2,4-7,10H2. The Hall–Kier alpha value is -1.01. The lowest BCUT2D eigenvalue weighted by atomic mass is 10.3. The second-order valence-corrected chi connectivity index (χ2v) is 7.52. The van der Waals surface area contributed by atoms with E-state index in [1.807, 2.05) is 17.0 Å². The van der Waals surface area contributed by atoms with Gasteiger partial charge >= 0.3 is 0 Å². The van der Waals surface area contributed by atoms with E-state index in [0.717, 1.165) is 38.4 Å². The average Bonchev–Trinajstić information content (AvgIpc) is 3.03. The molecule has 7 heteroatoms. The average molecular weight is 359 g/mol. The van der Waals surface area contributed by atoms with Crippen molar-refractivity contribution in [2.24, 2.45) is 0 Å².